The zero-order chi connectivity index (χ0) is 20.8. The second-order valence-electron chi connectivity index (χ2n) is 7.35. The molecule has 1 atom stereocenters. The molecule has 0 radical (unpaired) electrons. The summed E-state index contributed by atoms with van der Waals surface area (Å²) >= 11 is 0. The number of nitro groups is 1. The maximum atomic E-state index is 12.3. The van der Waals surface area contributed by atoms with Crippen molar-refractivity contribution in [2.45, 2.75) is 19.8 Å². The Hall–Kier alpha value is -3.13. The number of carbonyl (C=O) groups is 1. The summed E-state index contributed by atoms with van der Waals surface area (Å²) in [6, 6.07) is 10.9. The molecule has 1 N–H and O–H groups in total. The zero-order valence-corrected chi connectivity index (χ0v) is 16.6. The summed E-state index contributed by atoms with van der Waals surface area (Å²) in [4.78, 5) is 24.8. The number of non-ortho nitro benzene ring substituents is 1. The number of benzene rings is 2. The molecule has 29 heavy (non-hydrogen) atoms. The zero-order valence-electron chi connectivity index (χ0n) is 16.6. The minimum absolute atomic E-state index is 0.0690. The van der Waals surface area contributed by atoms with Crippen LogP contribution in [0.5, 0.6) is 11.5 Å². The lowest BCUT2D eigenvalue weighted by atomic mass is 9.99. The van der Waals surface area contributed by atoms with Gasteiger partial charge in [0.05, 0.1) is 17.2 Å². The number of rotatable bonds is 6. The molecule has 0 spiro atoms. The molecule has 1 unspecified atom stereocenters. The van der Waals surface area contributed by atoms with Crippen LogP contribution in [0.15, 0.2) is 42.5 Å². The largest absolute Gasteiger partial charge is 0.491 e. The first-order valence-electron chi connectivity index (χ1n) is 9.56. The molecule has 2 aromatic rings. The van der Waals surface area contributed by atoms with Crippen molar-refractivity contribution in [2.24, 2.45) is 5.92 Å². The molecule has 8 heteroatoms. The van der Waals surface area contributed by atoms with E-state index >= 15 is 0 Å². The summed E-state index contributed by atoms with van der Waals surface area (Å²) in [6.07, 6.45) is 1.60. The lowest BCUT2D eigenvalue weighted by Crippen LogP contribution is -2.34. The number of ether oxygens (including phenoxy) is 2. The molecule has 8 nitrogen and oxygen atoms in total. The smallest absolute Gasteiger partial charge is 0.417 e. The van der Waals surface area contributed by atoms with Gasteiger partial charge in [-0.25, -0.2) is 4.79 Å². The number of aryl methyl sites for hydroxylation is 1. The first-order valence-corrected chi connectivity index (χ1v) is 9.56. The van der Waals surface area contributed by atoms with E-state index in [0.29, 0.717) is 24.0 Å². The van der Waals surface area contributed by atoms with Gasteiger partial charge in [0.2, 0.25) is 0 Å². The van der Waals surface area contributed by atoms with Gasteiger partial charge in [-0.2, -0.15) is 0 Å². The van der Waals surface area contributed by atoms with Crippen LogP contribution in [-0.4, -0.2) is 42.7 Å². The van der Waals surface area contributed by atoms with Gasteiger partial charge in [0.15, 0.2) is 0 Å². The number of carbonyl (C=O) groups excluding carboxylic acids is 1. The molecule has 0 aromatic heterocycles. The number of amides is 1. The molecule has 1 amide bonds. The molecular weight excluding hydrogens is 374 g/mol. The Kier molecular flexibility index (Phi) is 6.66. The van der Waals surface area contributed by atoms with Crippen LogP contribution >= 0.6 is 0 Å². The highest BCUT2D eigenvalue weighted by Crippen LogP contribution is 2.28. The molecule has 1 saturated heterocycles. The predicted molar refractivity (Wildman–Crippen MR) is 110 cm³/mol. The van der Waals surface area contributed by atoms with E-state index < -0.39 is 11.0 Å². The number of nitrogens with zero attached hydrogens (tertiary/aromatic N) is 2. The van der Waals surface area contributed by atoms with Gasteiger partial charge in [0.25, 0.3) is 5.69 Å². The third-order valence-electron chi connectivity index (χ3n) is 4.83. The number of piperidine rings is 1. The van der Waals surface area contributed by atoms with Crippen molar-refractivity contribution < 1.29 is 19.2 Å². The SMILES string of the molecule is Cc1ccc(OCC2CCCN(C)C2)c(NC(=O)Oc2ccc([N+](=O)[O-])cc2)c1. The van der Waals surface area contributed by atoms with Crippen LogP contribution in [0.2, 0.25) is 0 Å². The van der Waals surface area contributed by atoms with Gasteiger partial charge < -0.3 is 14.4 Å². The molecular formula is C21H25N3O5. The second-order valence-corrected chi connectivity index (χ2v) is 7.35. The highest BCUT2D eigenvalue weighted by atomic mass is 16.6. The summed E-state index contributed by atoms with van der Waals surface area (Å²) < 4.78 is 11.2. The maximum Gasteiger partial charge on any atom is 0.417 e. The second kappa shape index (κ2) is 9.38. The Balaban J connectivity index is 1.62. The molecule has 0 aliphatic carbocycles. The van der Waals surface area contributed by atoms with Crippen LogP contribution in [-0.2, 0) is 0 Å². The molecule has 1 fully saturated rings. The van der Waals surface area contributed by atoms with E-state index in [1.807, 2.05) is 25.1 Å². The van der Waals surface area contributed by atoms with Gasteiger partial charge in [-0.3, -0.25) is 15.4 Å². The van der Waals surface area contributed by atoms with Crippen LogP contribution in [0.3, 0.4) is 0 Å². The molecule has 0 bridgehead atoms. The van der Waals surface area contributed by atoms with Crippen LogP contribution in [0.1, 0.15) is 18.4 Å². The Morgan fingerprint density at radius 2 is 2.03 bits per heavy atom. The molecule has 0 saturated carbocycles. The Morgan fingerprint density at radius 1 is 1.28 bits per heavy atom. The van der Waals surface area contributed by atoms with E-state index in [4.69, 9.17) is 9.47 Å². The van der Waals surface area contributed by atoms with E-state index in [1.54, 1.807) is 0 Å². The molecule has 154 valence electrons. The number of nitro benzene ring substituents is 1. The van der Waals surface area contributed by atoms with Crippen LogP contribution < -0.4 is 14.8 Å². The number of nitrogens with one attached hydrogen (secondary N) is 1. The van der Waals surface area contributed by atoms with Crippen LogP contribution in [0.4, 0.5) is 16.2 Å². The topological polar surface area (TPSA) is 93.9 Å². The first kappa shape index (κ1) is 20.6. The van der Waals surface area contributed by atoms with Gasteiger partial charge >= 0.3 is 6.09 Å². The van der Waals surface area contributed by atoms with Gasteiger partial charge in [-0.15, -0.1) is 0 Å². The molecule has 2 aromatic carbocycles. The highest BCUT2D eigenvalue weighted by Gasteiger charge is 2.19. The molecule has 1 heterocycles. The fourth-order valence-electron chi connectivity index (χ4n) is 3.36. The van der Waals surface area contributed by atoms with Crippen molar-refractivity contribution >= 4 is 17.5 Å². The van der Waals surface area contributed by atoms with Crippen molar-refractivity contribution in [3.63, 3.8) is 0 Å². The number of hydrogen-bond acceptors (Lipinski definition) is 6. The van der Waals surface area contributed by atoms with Crippen molar-refractivity contribution in [3.05, 3.63) is 58.1 Å². The maximum absolute atomic E-state index is 12.3. The summed E-state index contributed by atoms with van der Waals surface area (Å²) in [7, 11) is 2.11. The van der Waals surface area contributed by atoms with Gasteiger partial charge in [-0.1, -0.05) is 6.07 Å². The molecule has 3 rings (SSSR count). The third kappa shape index (κ3) is 5.92. The summed E-state index contributed by atoms with van der Waals surface area (Å²) in [5.41, 5.74) is 1.43. The average Bonchev–Trinajstić information content (AvgIpc) is 2.68. The van der Waals surface area contributed by atoms with E-state index in [-0.39, 0.29) is 11.4 Å². The highest BCUT2D eigenvalue weighted by molar-refractivity contribution is 5.88. The van der Waals surface area contributed by atoms with E-state index in [0.717, 1.165) is 31.5 Å². The first-order chi connectivity index (χ1) is 13.9. The van der Waals surface area contributed by atoms with Crippen LogP contribution in [0.25, 0.3) is 0 Å². The van der Waals surface area contributed by atoms with Gasteiger partial charge in [0, 0.05) is 24.6 Å². The van der Waals surface area contributed by atoms with Crippen molar-refractivity contribution in [1.29, 1.82) is 0 Å². The number of anilines is 1. The fourth-order valence-corrected chi connectivity index (χ4v) is 3.36. The summed E-state index contributed by atoms with van der Waals surface area (Å²) in [5.74, 6) is 1.26. The summed E-state index contributed by atoms with van der Waals surface area (Å²) in [6.45, 7) is 4.62. The average molecular weight is 399 g/mol. The van der Waals surface area contributed by atoms with Crippen molar-refractivity contribution in [3.8, 4) is 11.5 Å². The molecule has 1 aliphatic heterocycles. The quantitative estimate of drug-likeness (QED) is 0.577. The van der Waals surface area contributed by atoms with Gasteiger partial charge in [0.1, 0.15) is 11.5 Å². The Labute approximate surface area is 169 Å². The predicted octanol–water partition coefficient (Wildman–Crippen LogP) is 4.23. The minimum Gasteiger partial charge on any atom is -0.491 e. The standard InChI is InChI=1S/C21H25N3O5/c1-15-5-10-20(28-14-16-4-3-11-23(2)13-16)19(12-15)22-21(25)29-18-8-6-17(7-9-18)24(26)27/h5-10,12,16H,3-4,11,13-14H2,1-2H3,(H,22,25). The van der Waals surface area contributed by atoms with Crippen molar-refractivity contribution in [1.82, 2.24) is 4.90 Å². The van der Waals surface area contributed by atoms with Gasteiger partial charge in [-0.05, 0) is 63.2 Å². The Morgan fingerprint density at radius 3 is 2.72 bits per heavy atom. The van der Waals surface area contributed by atoms with Crippen molar-refractivity contribution in [2.75, 3.05) is 32.1 Å². The molecule has 1 aliphatic rings. The normalized spacial score (nSPS) is 16.8. The number of likely N-dealkylation sites (tertiary alicyclic amines) is 1. The Bertz CT molecular complexity index is 869. The fraction of sp³-hybridized carbons (Fsp3) is 0.381. The lowest BCUT2D eigenvalue weighted by molar-refractivity contribution is -0.384. The summed E-state index contributed by atoms with van der Waals surface area (Å²) in [5, 5.41) is 13.4. The minimum atomic E-state index is -0.688. The van der Waals surface area contributed by atoms with E-state index in [9.17, 15) is 14.9 Å². The van der Waals surface area contributed by atoms with E-state index in [2.05, 4.69) is 17.3 Å². The monoisotopic (exact) mass is 399 g/mol. The lowest BCUT2D eigenvalue weighted by Gasteiger charge is -2.29. The van der Waals surface area contributed by atoms with E-state index in [1.165, 1.54) is 24.3 Å². The number of hydrogen-bond donors (Lipinski definition) is 1. The third-order valence-corrected chi connectivity index (χ3v) is 4.83. The van der Waals surface area contributed by atoms with Crippen LogP contribution in [0, 0.1) is 23.0 Å².